The standard InChI is InChI=1S/C30H35N3O3S/c1-5-37(3,4)26-17-15-25(16-18-26)33(30(35)27-14-10-20-36-27)28(24-13-9-19-31-21-24)29(34)32-22(2)23-11-7-6-8-12-23/h7,9-22,28H,5-6,8H2,1-4H3,(H,32,34)/t22-,28?/m0/s1. The van der Waals surface area contributed by atoms with E-state index in [-0.39, 0.29) is 17.7 Å². The summed E-state index contributed by atoms with van der Waals surface area (Å²) in [4.78, 5) is 34.8. The van der Waals surface area contributed by atoms with Crippen molar-refractivity contribution in [2.24, 2.45) is 0 Å². The number of hydrogen-bond donors (Lipinski definition) is 1. The van der Waals surface area contributed by atoms with Gasteiger partial charge in [-0.1, -0.05) is 31.2 Å². The monoisotopic (exact) mass is 517 g/mol. The molecule has 2 aromatic heterocycles. The zero-order chi connectivity index (χ0) is 26.4. The molecule has 0 saturated carbocycles. The number of rotatable bonds is 9. The molecule has 2 atom stereocenters. The summed E-state index contributed by atoms with van der Waals surface area (Å²) in [6, 6.07) is 13.7. The lowest BCUT2D eigenvalue weighted by molar-refractivity contribution is -0.122. The summed E-state index contributed by atoms with van der Waals surface area (Å²) in [5.41, 5.74) is 2.29. The summed E-state index contributed by atoms with van der Waals surface area (Å²) in [6.45, 7) is 4.15. The molecule has 2 heterocycles. The molecule has 1 aromatic carbocycles. The van der Waals surface area contributed by atoms with Crippen molar-refractivity contribution in [1.82, 2.24) is 10.3 Å². The zero-order valence-electron chi connectivity index (χ0n) is 21.9. The molecule has 1 N–H and O–H groups in total. The minimum atomic E-state index is -0.945. The van der Waals surface area contributed by atoms with Gasteiger partial charge in [-0.3, -0.25) is 19.5 Å². The topological polar surface area (TPSA) is 75.4 Å². The molecule has 7 heteroatoms. The summed E-state index contributed by atoms with van der Waals surface area (Å²) in [7, 11) is -0.945. The second-order valence-corrected chi connectivity index (χ2v) is 13.7. The van der Waals surface area contributed by atoms with Crippen LogP contribution in [-0.4, -0.2) is 41.1 Å². The minimum absolute atomic E-state index is 0.163. The van der Waals surface area contributed by atoms with Crippen LogP contribution in [0.3, 0.4) is 0 Å². The van der Waals surface area contributed by atoms with Crippen molar-refractivity contribution in [2.75, 3.05) is 23.2 Å². The molecular formula is C30H35N3O3S. The highest BCUT2D eigenvalue weighted by atomic mass is 32.3. The van der Waals surface area contributed by atoms with Gasteiger partial charge in [0, 0.05) is 23.6 Å². The maximum absolute atomic E-state index is 13.9. The van der Waals surface area contributed by atoms with Crippen LogP contribution in [0.15, 0.2) is 100 Å². The maximum Gasteiger partial charge on any atom is 0.294 e. The molecule has 2 amide bonds. The number of furan rings is 1. The molecular weight excluding hydrogens is 482 g/mol. The molecule has 0 fully saturated rings. The van der Waals surface area contributed by atoms with Gasteiger partial charge in [0.25, 0.3) is 5.91 Å². The minimum Gasteiger partial charge on any atom is -0.459 e. The van der Waals surface area contributed by atoms with Gasteiger partial charge in [0.2, 0.25) is 5.91 Å². The Morgan fingerprint density at radius 3 is 2.49 bits per heavy atom. The van der Waals surface area contributed by atoms with E-state index < -0.39 is 22.0 Å². The Balaban J connectivity index is 1.77. The van der Waals surface area contributed by atoms with Crippen molar-refractivity contribution in [3.63, 3.8) is 0 Å². The smallest absolute Gasteiger partial charge is 0.294 e. The first kappa shape index (κ1) is 26.5. The van der Waals surface area contributed by atoms with Crippen molar-refractivity contribution in [3.05, 3.63) is 102 Å². The summed E-state index contributed by atoms with van der Waals surface area (Å²) < 4.78 is 5.48. The molecule has 194 valence electrons. The van der Waals surface area contributed by atoms with Crippen LogP contribution in [0.5, 0.6) is 0 Å². The average molecular weight is 518 g/mol. The quantitative estimate of drug-likeness (QED) is 0.362. The number of allylic oxidation sites excluding steroid dienone is 2. The number of carbonyl (C=O) groups is 2. The highest BCUT2D eigenvalue weighted by Crippen LogP contribution is 2.49. The molecule has 0 aliphatic heterocycles. The third-order valence-electron chi connectivity index (χ3n) is 6.81. The summed E-state index contributed by atoms with van der Waals surface area (Å²) in [5, 5.41) is 3.14. The predicted octanol–water partition coefficient (Wildman–Crippen LogP) is 6.29. The fourth-order valence-corrected chi connectivity index (χ4v) is 5.54. The molecule has 3 aromatic rings. The zero-order valence-corrected chi connectivity index (χ0v) is 22.7. The molecule has 1 unspecified atom stereocenters. The molecule has 0 radical (unpaired) electrons. The number of hydrogen-bond acceptors (Lipinski definition) is 4. The molecule has 0 bridgehead atoms. The van der Waals surface area contributed by atoms with E-state index in [0.29, 0.717) is 11.3 Å². The lowest BCUT2D eigenvalue weighted by Gasteiger charge is -2.33. The van der Waals surface area contributed by atoms with Crippen LogP contribution in [0.25, 0.3) is 0 Å². The maximum atomic E-state index is 13.9. The van der Waals surface area contributed by atoms with Gasteiger partial charge in [-0.25, -0.2) is 10.0 Å². The number of benzene rings is 1. The van der Waals surface area contributed by atoms with E-state index in [1.54, 1.807) is 30.6 Å². The van der Waals surface area contributed by atoms with Crippen LogP contribution in [0, 0.1) is 0 Å². The highest BCUT2D eigenvalue weighted by Gasteiger charge is 2.35. The summed E-state index contributed by atoms with van der Waals surface area (Å²) in [5.74, 6) is 0.540. The Kier molecular flexibility index (Phi) is 8.34. The number of aromatic nitrogens is 1. The number of nitrogens with one attached hydrogen (secondary N) is 1. The van der Waals surface area contributed by atoms with E-state index in [9.17, 15) is 9.59 Å². The van der Waals surface area contributed by atoms with Gasteiger partial charge in [0.05, 0.1) is 12.3 Å². The van der Waals surface area contributed by atoms with Crippen molar-refractivity contribution in [3.8, 4) is 0 Å². The second-order valence-electron chi connectivity index (χ2n) is 9.58. The first-order valence-corrected chi connectivity index (χ1v) is 15.2. The largest absolute Gasteiger partial charge is 0.459 e. The van der Waals surface area contributed by atoms with E-state index in [1.807, 2.05) is 25.1 Å². The Morgan fingerprint density at radius 1 is 1.11 bits per heavy atom. The Morgan fingerprint density at radius 2 is 1.89 bits per heavy atom. The fourth-order valence-electron chi connectivity index (χ4n) is 4.33. The molecule has 6 nitrogen and oxygen atoms in total. The van der Waals surface area contributed by atoms with E-state index in [4.69, 9.17) is 4.42 Å². The molecule has 0 spiro atoms. The second kappa shape index (κ2) is 11.6. The van der Waals surface area contributed by atoms with Crippen LogP contribution in [0.2, 0.25) is 0 Å². The lowest BCUT2D eigenvalue weighted by atomic mass is 9.99. The van der Waals surface area contributed by atoms with Gasteiger partial charge >= 0.3 is 0 Å². The molecule has 37 heavy (non-hydrogen) atoms. The number of anilines is 1. The number of carbonyl (C=O) groups excluding carboxylic acids is 2. The predicted molar refractivity (Wildman–Crippen MR) is 151 cm³/mol. The number of amides is 2. The van der Waals surface area contributed by atoms with Crippen LogP contribution in [0.4, 0.5) is 5.69 Å². The fraction of sp³-hybridized carbons (Fsp3) is 0.300. The first-order valence-electron chi connectivity index (χ1n) is 12.6. The van der Waals surface area contributed by atoms with E-state index >= 15 is 0 Å². The van der Waals surface area contributed by atoms with Crippen LogP contribution in [0.1, 0.15) is 48.8 Å². The van der Waals surface area contributed by atoms with Crippen molar-refractivity contribution >= 4 is 27.5 Å². The van der Waals surface area contributed by atoms with Gasteiger partial charge in [-0.2, -0.15) is 0 Å². The van der Waals surface area contributed by atoms with Gasteiger partial charge in [-0.05, 0) is 91.0 Å². The summed E-state index contributed by atoms with van der Waals surface area (Å²) >= 11 is 0. The Bertz CT molecular complexity index is 1270. The molecule has 0 saturated heterocycles. The molecule has 4 rings (SSSR count). The molecule has 1 aliphatic rings. The average Bonchev–Trinajstić information content (AvgIpc) is 3.47. The van der Waals surface area contributed by atoms with Crippen molar-refractivity contribution in [1.29, 1.82) is 0 Å². The van der Waals surface area contributed by atoms with Gasteiger partial charge in [0.15, 0.2) is 5.76 Å². The third kappa shape index (κ3) is 6.05. The van der Waals surface area contributed by atoms with E-state index in [1.165, 1.54) is 16.1 Å². The van der Waals surface area contributed by atoms with Crippen molar-refractivity contribution < 1.29 is 14.0 Å². The normalized spacial score (nSPS) is 15.4. The first-order chi connectivity index (χ1) is 17.8. The van der Waals surface area contributed by atoms with E-state index in [0.717, 1.165) is 24.2 Å². The van der Waals surface area contributed by atoms with Crippen LogP contribution < -0.4 is 10.2 Å². The highest BCUT2D eigenvalue weighted by molar-refractivity contribution is 8.32. The molecule has 1 aliphatic carbocycles. The Hall–Kier alpha value is -3.58. The Labute approximate surface area is 220 Å². The number of pyridine rings is 1. The van der Waals surface area contributed by atoms with Gasteiger partial charge < -0.3 is 9.73 Å². The summed E-state index contributed by atoms with van der Waals surface area (Å²) in [6.07, 6.45) is 17.6. The van der Waals surface area contributed by atoms with E-state index in [2.05, 4.69) is 60.1 Å². The van der Waals surface area contributed by atoms with Gasteiger partial charge in [-0.15, -0.1) is 0 Å². The lowest BCUT2D eigenvalue weighted by Crippen LogP contribution is -2.46. The third-order valence-corrected chi connectivity index (χ3v) is 9.81. The number of nitrogens with zero attached hydrogens (tertiary/aromatic N) is 2. The van der Waals surface area contributed by atoms with Gasteiger partial charge in [0.1, 0.15) is 6.04 Å². The van der Waals surface area contributed by atoms with Crippen LogP contribution in [-0.2, 0) is 4.79 Å². The van der Waals surface area contributed by atoms with Crippen molar-refractivity contribution in [2.45, 2.75) is 43.7 Å². The SMILES string of the molecule is CCS(C)(C)c1ccc(N(C(=O)c2ccco2)C(C(=O)N[C@@H](C)C2=CCCC=C2)c2cccnc2)cc1. The van der Waals surface area contributed by atoms with Crippen LogP contribution >= 0.6 is 10.0 Å².